The van der Waals surface area contributed by atoms with Crippen LogP contribution in [0.3, 0.4) is 0 Å². The van der Waals surface area contributed by atoms with E-state index in [1.54, 1.807) is 17.0 Å². The van der Waals surface area contributed by atoms with Gasteiger partial charge in [0.1, 0.15) is 5.75 Å². The molecule has 7 heteroatoms. The van der Waals surface area contributed by atoms with Gasteiger partial charge in [0.15, 0.2) is 0 Å². The summed E-state index contributed by atoms with van der Waals surface area (Å²) in [6, 6.07) is 7.97. The molecule has 1 aliphatic heterocycles. The molecule has 0 bridgehead atoms. The summed E-state index contributed by atoms with van der Waals surface area (Å²) in [7, 11) is 0. The fourth-order valence-corrected chi connectivity index (χ4v) is 2.51. The minimum atomic E-state index is -2.85. The molecule has 1 aromatic rings. The lowest BCUT2D eigenvalue weighted by molar-refractivity contribution is -0.0498. The molecule has 1 N–H and O–H groups in total. The molecule has 0 aliphatic carbocycles. The monoisotopic (exact) mass is 323 g/mol. The van der Waals surface area contributed by atoms with Crippen molar-refractivity contribution >= 4 is 6.03 Å². The van der Waals surface area contributed by atoms with E-state index < -0.39 is 6.61 Å². The highest BCUT2D eigenvalue weighted by Gasteiger charge is 2.23. The number of nitrogens with zero attached hydrogens (tertiary/aromatic N) is 2. The minimum absolute atomic E-state index is 0.0267. The molecule has 0 aromatic heterocycles. The Morgan fingerprint density at radius 2 is 1.96 bits per heavy atom. The third kappa shape index (κ3) is 4.81. The molecule has 2 amide bonds. The van der Waals surface area contributed by atoms with Crippen molar-refractivity contribution in [3.8, 4) is 11.8 Å². The maximum atomic E-state index is 12.2. The predicted octanol–water partition coefficient (Wildman–Crippen LogP) is 3.29. The van der Waals surface area contributed by atoms with Crippen LogP contribution < -0.4 is 10.1 Å². The number of hydrogen-bond acceptors (Lipinski definition) is 3. The molecule has 1 saturated heterocycles. The summed E-state index contributed by atoms with van der Waals surface area (Å²) >= 11 is 0. The lowest BCUT2D eigenvalue weighted by Gasteiger charge is -2.30. The van der Waals surface area contributed by atoms with Crippen LogP contribution in [0.5, 0.6) is 5.75 Å². The Morgan fingerprint density at radius 1 is 1.35 bits per heavy atom. The van der Waals surface area contributed by atoms with Gasteiger partial charge in [-0.15, -0.1) is 0 Å². The number of hydrogen-bond donors (Lipinski definition) is 1. The van der Waals surface area contributed by atoms with Crippen LogP contribution in [0.1, 0.15) is 31.4 Å². The van der Waals surface area contributed by atoms with Gasteiger partial charge in [-0.25, -0.2) is 4.79 Å². The Kier molecular flexibility index (Phi) is 5.74. The van der Waals surface area contributed by atoms with E-state index in [0.717, 1.165) is 5.56 Å². The van der Waals surface area contributed by atoms with Crippen LogP contribution in [0.25, 0.3) is 0 Å². The Labute approximate surface area is 133 Å². The van der Waals surface area contributed by atoms with Gasteiger partial charge in [-0.2, -0.15) is 14.0 Å². The number of rotatable bonds is 4. The Bertz CT molecular complexity index is 564. The molecule has 2 rings (SSSR count). The zero-order chi connectivity index (χ0) is 16.8. The first-order valence-electron chi connectivity index (χ1n) is 7.49. The second-order valence-electron chi connectivity index (χ2n) is 5.51. The first-order chi connectivity index (χ1) is 11.0. The SMILES string of the molecule is C[C@@H](NC(=O)N1CCC(C#N)CC1)c1ccc(OC(F)F)cc1. The number of amides is 2. The normalized spacial score (nSPS) is 16.7. The number of ether oxygens (including phenoxy) is 1. The average molecular weight is 323 g/mol. The van der Waals surface area contributed by atoms with Gasteiger partial charge in [-0.05, 0) is 37.5 Å². The molecular weight excluding hydrogens is 304 g/mol. The van der Waals surface area contributed by atoms with E-state index >= 15 is 0 Å². The molecule has 5 nitrogen and oxygen atoms in total. The number of carbonyl (C=O) groups is 1. The molecule has 0 spiro atoms. The molecule has 1 atom stereocenters. The summed E-state index contributed by atoms with van der Waals surface area (Å²) in [6.45, 7) is 0.105. The van der Waals surface area contributed by atoms with Crippen molar-refractivity contribution in [3.63, 3.8) is 0 Å². The van der Waals surface area contributed by atoms with Crippen molar-refractivity contribution in [3.05, 3.63) is 29.8 Å². The second kappa shape index (κ2) is 7.77. The standard InChI is InChI=1S/C16H19F2N3O2/c1-11(13-2-4-14(5-3-13)23-15(17)18)20-16(22)21-8-6-12(10-19)7-9-21/h2-5,11-12,15H,6-9H2,1H3,(H,20,22)/t11-/m1/s1. The zero-order valence-corrected chi connectivity index (χ0v) is 12.8. The first kappa shape index (κ1) is 17.0. The molecule has 0 radical (unpaired) electrons. The highest BCUT2D eigenvalue weighted by molar-refractivity contribution is 5.74. The van der Waals surface area contributed by atoms with Crippen molar-refractivity contribution in [1.29, 1.82) is 5.26 Å². The summed E-state index contributed by atoms with van der Waals surface area (Å²) < 4.78 is 28.5. The lowest BCUT2D eigenvalue weighted by atomic mass is 9.99. The maximum absolute atomic E-state index is 12.2. The van der Waals surface area contributed by atoms with Crippen LogP contribution in [0.4, 0.5) is 13.6 Å². The number of alkyl halides is 2. The summed E-state index contributed by atoms with van der Waals surface area (Å²) in [5.74, 6) is 0.111. The van der Waals surface area contributed by atoms with E-state index in [9.17, 15) is 13.6 Å². The molecular formula is C16H19F2N3O2. The molecule has 1 fully saturated rings. The second-order valence-corrected chi connectivity index (χ2v) is 5.51. The van der Waals surface area contributed by atoms with Crippen LogP contribution in [-0.2, 0) is 0 Å². The summed E-state index contributed by atoms with van der Waals surface area (Å²) in [6.07, 6.45) is 1.38. The Balaban J connectivity index is 1.87. The van der Waals surface area contributed by atoms with Gasteiger partial charge in [0.2, 0.25) is 0 Å². The number of benzene rings is 1. The maximum Gasteiger partial charge on any atom is 0.387 e. The van der Waals surface area contributed by atoms with Crippen LogP contribution >= 0.6 is 0 Å². The number of nitriles is 1. The van der Waals surface area contributed by atoms with Gasteiger partial charge in [-0.3, -0.25) is 0 Å². The van der Waals surface area contributed by atoms with E-state index in [1.807, 2.05) is 6.92 Å². The molecule has 1 aliphatic rings. The van der Waals surface area contributed by atoms with E-state index in [4.69, 9.17) is 5.26 Å². The zero-order valence-electron chi connectivity index (χ0n) is 12.8. The summed E-state index contributed by atoms with van der Waals surface area (Å²) in [4.78, 5) is 13.9. The highest BCUT2D eigenvalue weighted by Crippen LogP contribution is 2.20. The number of carbonyl (C=O) groups excluding carboxylic acids is 1. The number of urea groups is 1. The first-order valence-corrected chi connectivity index (χ1v) is 7.49. The fourth-order valence-electron chi connectivity index (χ4n) is 2.51. The van der Waals surface area contributed by atoms with Crippen LogP contribution in [0.2, 0.25) is 0 Å². The third-order valence-corrected chi connectivity index (χ3v) is 3.91. The number of halogens is 2. The fraction of sp³-hybridized carbons (Fsp3) is 0.500. The Hall–Kier alpha value is -2.36. The van der Waals surface area contributed by atoms with E-state index in [0.29, 0.717) is 25.9 Å². The van der Waals surface area contributed by atoms with Crippen LogP contribution in [-0.4, -0.2) is 30.6 Å². The minimum Gasteiger partial charge on any atom is -0.435 e. The molecule has 1 heterocycles. The van der Waals surface area contributed by atoms with Gasteiger partial charge in [0, 0.05) is 19.0 Å². The smallest absolute Gasteiger partial charge is 0.387 e. The van der Waals surface area contributed by atoms with Crippen LogP contribution in [0, 0.1) is 17.2 Å². The van der Waals surface area contributed by atoms with Crippen molar-refractivity contribution in [2.24, 2.45) is 5.92 Å². The van der Waals surface area contributed by atoms with Gasteiger partial charge in [-0.1, -0.05) is 12.1 Å². The van der Waals surface area contributed by atoms with E-state index in [-0.39, 0.29) is 23.7 Å². The summed E-state index contributed by atoms with van der Waals surface area (Å²) in [5, 5.41) is 11.7. The number of piperidine rings is 1. The van der Waals surface area contributed by atoms with Gasteiger partial charge in [0.05, 0.1) is 12.1 Å². The number of likely N-dealkylation sites (tertiary alicyclic amines) is 1. The van der Waals surface area contributed by atoms with Crippen molar-refractivity contribution in [2.75, 3.05) is 13.1 Å². The molecule has 0 unspecified atom stereocenters. The molecule has 1 aromatic carbocycles. The van der Waals surface area contributed by atoms with Crippen molar-refractivity contribution < 1.29 is 18.3 Å². The van der Waals surface area contributed by atoms with Crippen LogP contribution in [0.15, 0.2) is 24.3 Å². The Morgan fingerprint density at radius 3 is 2.48 bits per heavy atom. The summed E-state index contributed by atoms with van der Waals surface area (Å²) in [5.41, 5.74) is 0.798. The molecule has 124 valence electrons. The van der Waals surface area contributed by atoms with Gasteiger partial charge < -0.3 is 15.0 Å². The predicted molar refractivity (Wildman–Crippen MR) is 79.9 cm³/mol. The lowest BCUT2D eigenvalue weighted by Crippen LogP contribution is -2.45. The highest BCUT2D eigenvalue weighted by atomic mass is 19.3. The van der Waals surface area contributed by atoms with E-state index in [2.05, 4.69) is 16.1 Å². The van der Waals surface area contributed by atoms with E-state index in [1.165, 1.54) is 12.1 Å². The third-order valence-electron chi connectivity index (χ3n) is 3.91. The van der Waals surface area contributed by atoms with Crippen molar-refractivity contribution in [1.82, 2.24) is 10.2 Å². The molecule has 0 saturated carbocycles. The molecule has 23 heavy (non-hydrogen) atoms. The quantitative estimate of drug-likeness (QED) is 0.924. The van der Waals surface area contributed by atoms with Gasteiger partial charge in [0.25, 0.3) is 0 Å². The largest absolute Gasteiger partial charge is 0.435 e. The van der Waals surface area contributed by atoms with Gasteiger partial charge >= 0.3 is 12.6 Å². The average Bonchev–Trinajstić information content (AvgIpc) is 2.55. The topological polar surface area (TPSA) is 65.4 Å². The number of nitrogens with one attached hydrogen (secondary N) is 1. The van der Waals surface area contributed by atoms with Crippen molar-refractivity contribution in [2.45, 2.75) is 32.4 Å².